The molecule has 9 heteroatoms. The lowest BCUT2D eigenvalue weighted by molar-refractivity contribution is -0.268. The van der Waals surface area contributed by atoms with E-state index in [4.69, 9.17) is 14.2 Å². The average Bonchev–Trinajstić information content (AvgIpc) is 3.10. The number of nitrogens with one attached hydrogen (secondary N) is 2. The molecule has 2 amide bonds. The van der Waals surface area contributed by atoms with Gasteiger partial charge in [0.2, 0.25) is 0 Å². The highest BCUT2D eigenvalue weighted by Gasteiger charge is 2.38. The highest BCUT2D eigenvalue weighted by atomic mass is 32.2. The molecule has 1 aliphatic rings. The maximum Gasteiger partial charge on any atom is 0.325 e. The first-order chi connectivity index (χ1) is 22.4. The first-order valence-corrected chi connectivity index (χ1v) is 16.5. The number of rotatable bonds is 12. The molecule has 1 aliphatic heterocycles. The summed E-state index contributed by atoms with van der Waals surface area (Å²) in [6.45, 7) is 4.25. The van der Waals surface area contributed by atoms with Gasteiger partial charge in [-0.15, -0.1) is 11.8 Å². The minimum Gasteiger partial charge on any atom is -0.465 e. The lowest BCUT2D eigenvalue weighted by atomic mass is 9.91. The van der Waals surface area contributed by atoms with Crippen LogP contribution in [0.2, 0.25) is 0 Å². The number of aliphatic hydroxyl groups is 1. The van der Waals surface area contributed by atoms with E-state index < -0.39 is 18.3 Å². The van der Waals surface area contributed by atoms with E-state index >= 15 is 0 Å². The molecule has 0 saturated carbocycles. The first kappa shape index (κ1) is 33.2. The molecule has 0 spiro atoms. The van der Waals surface area contributed by atoms with Crippen molar-refractivity contribution < 1.29 is 28.9 Å². The van der Waals surface area contributed by atoms with Crippen molar-refractivity contribution in [3.63, 3.8) is 0 Å². The van der Waals surface area contributed by atoms with Gasteiger partial charge in [-0.2, -0.15) is 0 Å². The van der Waals surface area contributed by atoms with Crippen molar-refractivity contribution >= 4 is 23.8 Å². The van der Waals surface area contributed by atoms with Gasteiger partial charge in [0.25, 0.3) is 0 Å². The SMILES string of the molecule is CCOC(=O)CNC(=O)NCc1ccccc1-c1ccc([C@@H]2O[C@H](CSc3ccccc3)[C@H](C)[C@H](c3ccc(CO)cc3)O2)cc1. The topological polar surface area (TPSA) is 106 Å². The normalized spacial score (nSPS) is 19.3. The number of ether oxygens (including phenoxy) is 3. The van der Waals surface area contributed by atoms with Crippen LogP contribution >= 0.6 is 11.8 Å². The zero-order valence-corrected chi connectivity index (χ0v) is 26.9. The van der Waals surface area contributed by atoms with Crippen molar-refractivity contribution in [2.45, 2.75) is 50.4 Å². The Morgan fingerprint density at radius 3 is 2.26 bits per heavy atom. The molecule has 1 fully saturated rings. The highest BCUT2D eigenvalue weighted by molar-refractivity contribution is 7.99. The monoisotopic (exact) mass is 640 g/mol. The second-order valence-corrected chi connectivity index (χ2v) is 12.2. The van der Waals surface area contributed by atoms with Crippen molar-refractivity contribution in [3.8, 4) is 11.1 Å². The molecule has 3 N–H and O–H groups in total. The summed E-state index contributed by atoms with van der Waals surface area (Å²) >= 11 is 1.77. The Kier molecular flexibility index (Phi) is 11.9. The Balaban J connectivity index is 1.31. The standard InChI is InChI=1S/C37H40N2O6S/c1-3-43-34(41)22-39-37(42)38-21-30-9-7-8-12-32(30)27-17-19-29(20-18-27)36-44-33(24-46-31-10-5-4-6-11-31)25(2)35(45-36)28-15-13-26(23-40)14-16-28/h4-20,25,33,35-36,40H,3,21-24H2,1-2H3,(H2,38,39,42)/t25-,33+,35+,36+/m0/s1. The van der Waals surface area contributed by atoms with Crippen LogP contribution in [0.15, 0.2) is 108 Å². The minimum absolute atomic E-state index is 0.00233. The molecule has 4 aromatic rings. The molecule has 0 unspecified atom stereocenters. The molecule has 0 bridgehead atoms. The summed E-state index contributed by atoms with van der Waals surface area (Å²) in [6.07, 6.45) is -0.809. The predicted molar refractivity (Wildman–Crippen MR) is 179 cm³/mol. The van der Waals surface area contributed by atoms with Crippen LogP contribution in [0.1, 0.15) is 48.5 Å². The van der Waals surface area contributed by atoms with E-state index in [0.29, 0.717) is 0 Å². The smallest absolute Gasteiger partial charge is 0.325 e. The minimum atomic E-state index is -0.561. The van der Waals surface area contributed by atoms with Crippen molar-refractivity contribution in [1.29, 1.82) is 0 Å². The van der Waals surface area contributed by atoms with Crippen molar-refractivity contribution in [2.24, 2.45) is 5.92 Å². The van der Waals surface area contributed by atoms with Crippen LogP contribution in [0.3, 0.4) is 0 Å². The predicted octanol–water partition coefficient (Wildman–Crippen LogP) is 6.79. The van der Waals surface area contributed by atoms with Crippen LogP contribution in [0.4, 0.5) is 4.79 Å². The van der Waals surface area contributed by atoms with Gasteiger partial charge in [-0.05, 0) is 46.9 Å². The third kappa shape index (κ3) is 8.76. The van der Waals surface area contributed by atoms with E-state index in [0.717, 1.165) is 39.1 Å². The Hall–Kier alpha value is -4.15. The third-order valence-corrected chi connectivity index (χ3v) is 9.03. The van der Waals surface area contributed by atoms with Crippen LogP contribution in [-0.2, 0) is 32.2 Å². The summed E-state index contributed by atoms with van der Waals surface area (Å²) < 4.78 is 18.1. The van der Waals surface area contributed by atoms with E-state index in [9.17, 15) is 14.7 Å². The molecular weight excluding hydrogens is 600 g/mol. The summed E-state index contributed by atoms with van der Waals surface area (Å²) in [6, 6.07) is 33.8. The maximum atomic E-state index is 12.3. The molecule has 0 aliphatic carbocycles. The van der Waals surface area contributed by atoms with Gasteiger partial charge in [-0.25, -0.2) is 4.79 Å². The van der Waals surface area contributed by atoms with E-state index in [2.05, 4.69) is 29.7 Å². The van der Waals surface area contributed by atoms with E-state index in [1.165, 1.54) is 4.90 Å². The molecule has 4 atom stereocenters. The summed E-state index contributed by atoms with van der Waals surface area (Å²) in [4.78, 5) is 25.0. The average molecular weight is 641 g/mol. The third-order valence-electron chi connectivity index (χ3n) is 7.93. The van der Waals surface area contributed by atoms with E-state index in [1.807, 2.05) is 91.0 Å². The van der Waals surface area contributed by atoms with Gasteiger partial charge in [0, 0.05) is 28.7 Å². The summed E-state index contributed by atoms with van der Waals surface area (Å²) in [7, 11) is 0. The summed E-state index contributed by atoms with van der Waals surface area (Å²) in [5.41, 5.74) is 5.74. The van der Waals surface area contributed by atoms with Crippen LogP contribution in [0.25, 0.3) is 11.1 Å². The van der Waals surface area contributed by atoms with Gasteiger partial charge < -0.3 is 30.0 Å². The van der Waals surface area contributed by atoms with Gasteiger partial charge in [0.05, 0.1) is 25.4 Å². The van der Waals surface area contributed by atoms with E-state index in [-0.39, 0.29) is 44.4 Å². The van der Waals surface area contributed by atoms with Crippen LogP contribution in [0, 0.1) is 5.92 Å². The second kappa shape index (κ2) is 16.4. The second-order valence-electron chi connectivity index (χ2n) is 11.1. The fraction of sp³-hybridized carbons (Fsp3) is 0.297. The molecule has 1 heterocycles. The van der Waals surface area contributed by atoms with Crippen molar-refractivity contribution in [1.82, 2.24) is 10.6 Å². The lowest BCUT2D eigenvalue weighted by Gasteiger charge is -2.41. The Morgan fingerprint density at radius 2 is 1.54 bits per heavy atom. The molecule has 46 heavy (non-hydrogen) atoms. The zero-order chi connectivity index (χ0) is 32.3. The van der Waals surface area contributed by atoms with Crippen LogP contribution in [-0.4, -0.2) is 42.1 Å². The number of aliphatic hydroxyl groups excluding tert-OH is 1. The largest absolute Gasteiger partial charge is 0.465 e. The van der Waals surface area contributed by atoms with Crippen LogP contribution in [0.5, 0.6) is 0 Å². The van der Waals surface area contributed by atoms with Crippen molar-refractivity contribution in [3.05, 3.63) is 125 Å². The Labute approximate surface area is 274 Å². The molecule has 240 valence electrons. The van der Waals surface area contributed by atoms with Crippen LogP contribution < -0.4 is 10.6 Å². The number of hydrogen-bond acceptors (Lipinski definition) is 7. The Morgan fingerprint density at radius 1 is 0.848 bits per heavy atom. The number of carbonyl (C=O) groups is 2. The fourth-order valence-corrected chi connectivity index (χ4v) is 6.47. The lowest BCUT2D eigenvalue weighted by Crippen LogP contribution is -2.38. The summed E-state index contributed by atoms with van der Waals surface area (Å²) in [5, 5.41) is 14.9. The van der Waals surface area contributed by atoms with E-state index in [1.54, 1.807) is 18.7 Å². The van der Waals surface area contributed by atoms with Gasteiger partial charge in [0.15, 0.2) is 6.29 Å². The van der Waals surface area contributed by atoms with Crippen molar-refractivity contribution in [2.75, 3.05) is 18.9 Å². The number of hydrogen-bond donors (Lipinski definition) is 3. The summed E-state index contributed by atoms with van der Waals surface area (Å²) in [5.74, 6) is 0.397. The number of thioether (sulfide) groups is 1. The first-order valence-electron chi connectivity index (χ1n) is 15.5. The van der Waals surface area contributed by atoms with Gasteiger partial charge in [0.1, 0.15) is 6.54 Å². The van der Waals surface area contributed by atoms with Gasteiger partial charge >= 0.3 is 12.0 Å². The number of amides is 2. The molecular formula is C37H40N2O6S. The Bertz CT molecular complexity index is 1570. The molecule has 5 rings (SSSR count). The zero-order valence-electron chi connectivity index (χ0n) is 26.1. The highest BCUT2D eigenvalue weighted by Crippen LogP contribution is 2.43. The molecule has 4 aromatic carbocycles. The number of urea groups is 1. The molecule has 1 saturated heterocycles. The van der Waals surface area contributed by atoms with Gasteiger partial charge in [-0.3, -0.25) is 4.79 Å². The number of carbonyl (C=O) groups excluding carboxylic acids is 2. The molecule has 0 radical (unpaired) electrons. The molecule has 8 nitrogen and oxygen atoms in total. The van der Waals surface area contributed by atoms with Gasteiger partial charge in [-0.1, -0.05) is 97.9 Å². The molecule has 0 aromatic heterocycles. The quantitative estimate of drug-likeness (QED) is 0.116. The maximum absolute atomic E-state index is 12.3. The number of benzene rings is 4. The number of esters is 1. The fourth-order valence-electron chi connectivity index (χ4n) is 5.38.